The number of allylic oxidation sites excluding steroid dienone is 1. The third-order valence-electron chi connectivity index (χ3n) is 16.9. The first-order chi connectivity index (χ1) is 20.0. The van der Waals surface area contributed by atoms with Crippen LogP contribution in [0, 0.1) is 56.2 Å². The van der Waals surface area contributed by atoms with Gasteiger partial charge in [-0.3, -0.25) is 0 Å². The second kappa shape index (κ2) is 10.9. The van der Waals surface area contributed by atoms with Crippen LogP contribution in [0.4, 0.5) is 0 Å². The molecule has 0 bridgehead atoms. The van der Waals surface area contributed by atoms with Gasteiger partial charge in [0, 0.05) is 0 Å². The number of fused-ring (bicyclic) bond motifs is 7. The smallest absolute Gasteiger partial charge is 0.192 e. The van der Waals surface area contributed by atoms with Gasteiger partial charge in [-0.25, -0.2) is 0 Å². The van der Waals surface area contributed by atoms with Crippen molar-refractivity contribution in [2.75, 3.05) is 0 Å². The van der Waals surface area contributed by atoms with E-state index in [9.17, 15) is 5.11 Å². The zero-order chi connectivity index (χ0) is 32.9. The Balaban J connectivity index is 1.72. The molecule has 0 saturated heterocycles. The first kappa shape index (κ1) is 35.2. The van der Waals surface area contributed by atoms with E-state index in [-0.39, 0.29) is 38.9 Å². The Morgan fingerprint density at radius 2 is 1.57 bits per heavy atom. The van der Waals surface area contributed by atoms with Gasteiger partial charge in [0.05, 0.1) is 12.2 Å². The van der Waals surface area contributed by atoms with Crippen molar-refractivity contribution in [3.8, 4) is 0 Å². The lowest BCUT2D eigenvalue weighted by atomic mass is 9.33. The second-order valence-electron chi connectivity index (χ2n) is 20.8. The van der Waals surface area contributed by atoms with Crippen LogP contribution < -0.4 is 0 Å². The van der Waals surface area contributed by atoms with Gasteiger partial charge >= 0.3 is 0 Å². The van der Waals surface area contributed by atoms with Crippen molar-refractivity contribution in [1.29, 1.82) is 0 Å². The van der Waals surface area contributed by atoms with Gasteiger partial charge < -0.3 is 9.53 Å². The van der Waals surface area contributed by atoms with E-state index in [2.05, 4.69) is 102 Å². The van der Waals surface area contributed by atoms with E-state index in [1.807, 2.05) is 0 Å². The molecule has 0 radical (unpaired) electrons. The number of hydrogen-bond acceptors (Lipinski definition) is 2. The number of hydrogen-bond donors (Lipinski definition) is 1. The third-order valence-corrected chi connectivity index (χ3v) is 21.4. The van der Waals surface area contributed by atoms with Crippen LogP contribution in [0.5, 0.6) is 0 Å². The Bertz CT molecular complexity index is 1110. The Labute approximate surface area is 275 Å². The van der Waals surface area contributed by atoms with Gasteiger partial charge in [0.25, 0.3) is 0 Å². The van der Waals surface area contributed by atoms with Gasteiger partial charge in [-0.2, -0.15) is 0 Å². The summed E-state index contributed by atoms with van der Waals surface area (Å²) >= 11 is 0. The molecule has 44 heavy (non-hydrogen) atoms. The number of rotatable bonds is 6. The molecule has 0 spiro atoms. The molecular formula is C41H74O2Si. The van der Waals surface area contributed by atoms with Crippen molar-refractivity contribution in [3.05, 3.63) is 11.6 Å². The van der Waals surface area contributed by atoms with Crippen molar-refractivity contribution in [1.82, 2.24) is 0 Å². The van der Waals surface area contributed by atoms with E-state index in [0.29, 0.717) is 22.7 Å². The molecule has 0 aromatic rings. The third kappa shape index (κ3) is 5.04. The molecule has 0 aromatic carbocycles. The molecule has 5 rings (SSSR count). The Morgan fingerprint density at radius 1 is 0.932 bits per heavy atom. The molecule has 254 valence electrons. The number of unbranched alkanes of at least 4 members (excludes halogenated alkanes) is 1. The van der Waals surface area contributed by atoms with Crippen LogP contribution in [-0.4, -0.2) is 25.6 Å². The van der Waals surface area contributed by atoms with Gasteiger partial charge in [-0.05, 0) is 139 Å². The van der Waals surface area contributed by atoms with Gasteiger partial charge in [0.1, 0.15) is 0 Å². The SMILES string of the molecule is CCCCC(O)[C@]12CCC(C)(C)C[C@H]1[C@H]1[C@H](O[Si](C)(C)C(C)(C)C)C=C3[C@@]4(C)CC[C@H](C)C(C)(C)[C@@H]4CC[C@@]3(C)[C@]1(C)CC2. The normalized spacial score (nSPS) is 45.7. The summed E-state index contributed by atoms with van der Waals surface area (Å²) in [5.41, 5.74) is 3.12. The molecule has 5 aliphatic carbocycles. The summed E-state index contributed by atoms with van der Waals surface area (Å²) in [4.78, 5) is 0. The summed E-state index contributed by atoms with van der Waals surface area (Å²) in [6.45, 7) is 35.4. The van der Waals surface area contributed by atoms with Crippen LogP contribution in [0.25, 0.3) is 0 Å². The zero-order valence-corrected chi connectivity index (χ0v) is 32.9. The van der Waals surface area contributed by atoms with Crippen LogP contribution in [-0.2, 0) is 4.43 Å². The largest absolute Gasteiger partial charge is 0.410 e. The fourth-order valence-electron chi connectivity index (χ4n) is 12.4. The van der Waals surface area contributed by atoms with Gasteiger partial charge in [-0.15, -0.1) is 0 Å². The minimum atomic E-state index is -2.06. The van der Waals surface area contributed by atoms with Crippen LogP contribution in [0.15, 0.2) is 11.6 Å². The highest BCUT2D eigenvalue weighted by molar-refractivity contribution is 6.74. The molecule has 5 aliphatic rings. The van der Waals surface area contributed by atoms with Crippen LogP contribution in [0.2, 0.25) is 18.1 Å². The maximum absolute atomic E-state index is 12.2. The Kier molecular flexibility index (Phi) is 8.76. The van der Waals surface area contributed by atoms with Crippen molar-refractivity contribution in [2.45, 2.75) is 190 Å². The fourth-order valence-corrected chi connectivity index (χ4v) is 13.6. The maximum atomic E-state index is 12.2. The van der Waals surface area contributed by atoms with E-state index < -0.39 is 8.32 Å². The summed E-state index contributed by atoms with van der Waals surface area (Å²) in [7, 11) is -2.06. The van der Waals surface area contributed by atoms with Gasteiger partial charge in [-0.1, -0.05) is 108 Å². The van der Waals surface area contributed by atoms with E-state index in [4.69, 9.17) is 4.43 Å². The topological polar surface area (TPSA) is 29.5 Å². The molecule has 4 saturated carbocycles. The van der Waals surface area contributed by atoms with Crippen molar-refractivity contribution in [3.63, 3.8) is 0 Å². The van der Waals surface area contributed by atoms with E-state index in [0.717, 1.165) is 24.7 Å². The fraction of sp³-hybridized carbons (Fsp3) is 0.951. The van der Waals surface area contributed by atoms with Crippen LogP contribution in [0.3, 0.4) is 0 Å². The molecule has 0 heterocycles. The Hall–Kier alpha value is -0.123. The molecule has 1 N–H and O–H groups in total. The van der Waals surface area contributed by atoms with E-state index >= 15 is 0 Å². The minimum absolute atomic E-state index is 0.0367. The summed E-state index contributed by atoms with van der Waals surface area (Å²) in [5, 5.41) is 12.4. The second-order valence-corrected chi connectivity index (χ2v) is 25.6. The summed E-state index contributed by atoms with van der Waals surface area (Å²) in [6, 6.07) is 0. The highest BCUT2D eigenvalue weighted by Crippen LogP contribution is 2.76. The van der Waals surface area contributed by atoms with E-state index in [1.165, 1.54) is 64.2 Å². The molecule has 0 aliphatic heterocycles. The first-order valence-electron chi connectivity index (χ1n) is 19.1. The zero-order valence-electron chi connectivity index (χ0n) is 31.9. The average Bonchev–Trinajstić information content (AvgIpc) is 2.89. The molecule has 1 unspecified atom stereocenters. The van der Waals surface area contributed by atoms with Crippen LogP contribution in [0.1, 0.15) is 160 Å². The summed E-state index contributed by atoms with van der Waals surface area (Å²) in [6.07, 6.45) is 17.5. The van der Waals surface area contributed by atoms with Crippen molar-refractivity contribution >= 4 is 8.32 Å². The predicted octanol–water partition coefficient (Wildman–Crippen LogP) is 12.0. The molecule has 4 fully saturated rings. The molecular weight excluding hydrogens is 553 g/mol. The number of aliphatic hydroxyl groups excluding tert-OH is 1. The first-order valence-corrected chi connectivity index (χ1v) is 22.0. The molecule has 3 heteroatoms. The van der Waals surface area contributed by atoms with Gasteiger partial charge in [0.15, 0.2) is 8.32 Å². The van der Waals surface area contributed by atoms with Crippen molar-refractivity contribution < 1.29 is 9.53 Å². The lowest BCUT2D eigenvalue weighted by Crippen LogP contribution is -2.68. The average molecular weight is 627 g/mol. The molecule has 0 aromatic heterocycles. The minimum Gasteiger partial charge on any atom is -0.410 e. The lowest BCUT2D eigenvalue weighted by molar-refractivity contribution is -0.214. The molecule has 2 nitrogen and oxygen atoms in total. The monoisotopic (exact) mass is 627 g/mol. The highest BCUT2D eigenvalue weighted by atomic mass is 28.4. The standard InChI is InChI=1S/C41H74O2Si/c1-15-16-17-33(42)41-24-22-36(6,7)27-29(41)34-30(43-44(13,14)35(3,4)5)26-32-38(10)20-18-28(2)37(8,9)31(38)19-21-39(32,11)40(34,12)23-25-41/h26,28-31,33-34,42H,15-25,27H2,1-14H3/t28-,29-,30+,31-,33?,34-,38-,39+,40+,41-/m0/s1. The highest BCUT2D eigenvalue weighted by Gasteiger charge is 2.70. The van der Waals surface area contributed by atoms with Gasteiger partial charge in [0.2, 0.25) is 0 Å². The summed E-state index contributed by atoms with van der Waals surface area (Å²) < 4.78 is 7.77. The number of aliphatic hydroxyl groups is 1. The lowest BCUT2D eigenvalue weighted by Gasteiger charge is -2.73. The molecule has 0 amide bonds. The Morgan fingerprint density at radius 3 is 2.18 bits per heavy atom. The van der Waals surface area contributed by atoms with Crippen molar-refractivity contribution in [2.24, 2.45) is 56.2 Å². The van der Waals surface area contributed by atoms with E-state index in [1.54, 1.807) is 5.57 Å². The molecule has 10 atom stereocenters. The quantitative estimate of drug-likeness (QED) is 0.235. The van der Waals surface area contributed by atoms with Crippen LogP contribution >= 0.6 is 0 Å². The predicted molar refractivity (Wildman–Crippen MR) is 191 cm³/mol. The maximum Gasteiger partial charge on any atom is 0.192 e. The summed E-state index contributed by atoms with van der Waals surface area (Å²) in [5.74, 6) is 2.49.